The van der Waals surface area contributed by atoms with Crippen LogP contribution in [-0.4, -0.2) is 11.9 Å². The summed E-state index contributed by atoms with van der Waals surface area (Å²) in [5.41, 5.74) is 5.08. The first-order valence-corrected chi connectivity index (χ1v) is 5.17. The molecule has 3 N–H and O–H groups in total. The fourth-order valence-corrected chi connectivity index (χ4v) is 1.29. The zero-order valence-corrected chi connectivity index (χ0v) is 9.27. The topological polar surface area (TPSA) is 55.1 Å². The number of halogens is 3. The Morgan fingerprint density at radius 2 is 2.00 bits per heavy atom. The maximum absolute atomic E-state index is 13.2. The molecule has 0 aliphatic rings. The van der Waals surface area contributed by atoms with Crippen LogP contribution < -0.4 is 11.1 Å². The van der Waals surface area contributed by atoms with Gasteiger partial charge in [-0.3, -0.25) is 4.79 Å². The quantitative estimate of drug-likeness (QED) is 0.800. The SMILES string of the molecule is CCCC(N)C(=O)Nc1ccc(F)c(F)c1F. The van der Waals surface area contributed by atoms with E-state index in [1.165, 1.54) is 0 Å². The highest BCUT2D eigenvalue weighted by atomic mass is 19.2. The molecule has 0 aliphatic carbocycles. The molecule has 0 radical (unpaired) electrons. The molecule has 0 aliphatic heterocycles. The number of nitrogens with two attached hydrogens (primary N) is 1. The van der Waals surface area contributed by atoms with Crippen LogP contribution in [0.2, 0.25) is 0 Å². The molecule has 0 heterocycles. The highest BCUT2D eigenvalue weighted by molar-refractivity contribution is 5.94. The molecule has 1 unspecified atom stereocenters. The third-order valence-electron chi connectivity index (χ3n) is 2.23. The number of amides is 1. The first-order chi connectivity index (χ1) is 7.97. The van der Waals surface area contributed by atoms with Gasteiger partial charge in [0, 0.05) is 0 Å². The smallest absolute Gasteiger partial charge is 0.241 e. The summed E-state index contributed by atoms with van der Waals surface area (Å²) < 4.78 is 38.7. The van der Waals surface area contributed by atoms with Crippen molar-refractivity contribution in [2.75, 3.05) is 5.32 Å². The van der Waals surface area contributed by atoms with E-state index in [1.807, 2.05) is 6.92 Å². The zero-order valence-electron chi connectivity index (χ0n) is 9.27. The Labute approximate surface area is 96.8 Å². The van der Waals surface area contributed by atoms with E-state index in [-0.39, 0.29) is 0 Å². The first-order valence-electron chi connectivity index (χ1n) is 5.17. The van der Waals surface area contributed by atoms with Gasteiger partial charge in [0.15, 0.2) is 17.5 Å². The van der Waals surface area contributed by atoms with Gasteiger partial charge in [0.1, 0.15) is 0 Å². The largest absolute Gasteiger partial charge is 0.322 e. The Bertz CT molecular complexity index is 423. The first kappa shape index (κ1) is 13.5. The second-order valence-corrected chi connectivity index (χ2v) is 3.61. The number of hydrogen-bond donors (Lipinski definition) is 2. The predicted octanol–water partition coefficient (Wildman–Crippen LogP) is 2.17. The van der Waals surface area contributed by atoms with Crippen molar-refractivity contribution >= 4 is 11.6 Å². The molecule has 0 saturated heterocycles. The van der Waals surface area contributed by atoms with E-state index >= 15 is 0 Å². The molecule has 6 heteroatoms. The van der Waals surface area contributed by atoms with Crippen molar-refractivity contribution in [3.05, 3.63) is 29.6 Å². The van der Waals surface area contributed by atoms with Gasteiger partial charge in [-0.1, -0.05) is 13.3 Å². The van der Waals surface area contributed by atoms with E-state index in [2.05, 4.69) is 5.32 Å². The van der Waals surface area contributed by atoms with E-state index in [0.717, 1.165) is 12.1 Å². The molecule has 1 atom stereocenters. The van der Waals surface area contributed by atoms with Gasteiger partial charge in [-0.15, -0.1) is 0 Å². The monoisotopic (exact) mass is 246 g/mol. The number of carbonyl (C=O) groups excluding carboxylic acids is 1. The van der Waals surface area contributed by atoms with Crippen molar-refractivity contribution in [2.24, 2.45) is 5.73 Å². The Morgan fingerprint density at radius 3 is 2.59 bits per heavy atom. The van der Waals surface area contributed by atoms with Gasteiger partial charge >= 0.3 is 0 Å². The van der Waals surface area contributed by atoms with Gasteiger partial charge in [0.25, 0.3) is 0 Å². The molecule has 17 heavy (non-hydrogen) atoms. The van der Waals surface area contributed by atoms with Gasteiger partial charge in [0.05, 0.1) is 11.7 Å². The van der Waals surface area contributed by atoms with Gasteiger partial charge in [-0.05, 0) is 18.6 Å². The summed E-state index contributed by atoms with van der Waals surface area (Å²) in [5.74, 6) is -4.98. The Hall–Kier alpha value is -1.56. The molecule has 0 aromatic heterocycles. The Balaban J connectivity index is 2.82. The minimum absolute atomic E-state index is 0.416. The second-order valence-electron chi connectivity index (χ2n) is 3.61. The zero-order chi connectivity index (χ0) is 13.0. The predicted molar refractivity (Wildman–Crippen MR) is 57.8 cm³/mol. The molecular formula is C11H13F3N2O. The third kappa shape index (κ3) is 3.20. The van der Waals surface area contributed by atoms with E-state index in [1.54, 1.807) is 0 Å². The standard InChI is InChI=1S/C11H13F3N2O/c1-2-3-7(15)11(17)16-8-5-4-6(12)9(13)10(8)14/h4-5,7H,2-3,15H2,1H3,(H,16,17). The van der Waals surface area contributed by atoms with Gasteiger partial charge in [-0.25, -0.2) is 13.2 Å². The van der Waals surface area contributed by atoms with Crippen LogP contribution in [-0.2, 0) is 4.79 Å². The molecular weight excluding hydrogens is 233 g/mol. The molecule has 94 valence electrons. The number of nitrogens with one attached hydrogen (secondary N) is 1. The average molecular weight is 246 g/mol. The summed E-state index contributed by atoms with van der Waals surface area (Å²) in [6, 6.07) is 0.886. The molecule has 0 fully saturated rings. The lowest BCUT2D eigenvalue weighted by molar-refractivity contribution is -0.117. The van der Waals surface area contributed by atoms with Crippen LogP contribution in [0.3, 0.4) is 0 Å². The van der Waals surface area contributed by atoms with Crippen LogP contribution in [0.15, 0.2) is 12.1 Å². The number of benzene rings is 1. The lowest BCUT2D eigenvalue weighted by Crippen LogP contribution is -2.35. The molecule has 1 rings (SSSR count). The molecule has 1 amide bonds. The third-order valence-corrected chi connectivity index (χ3v) is 2.23. The van der Waals surface area contributed by atoms with E-state index in [4.69, 9.17) is 5.73 Å². The van der Waals surface area contributed by atoms with Crippen LogP contribution >= 0.6 is 0 Å². The summed E-state index contributed by atoms with van der Waals surface area (Å²) in [6.07, 6.45) is 1.12. The van der Waals surface area contributed by atoms with Crippen LogP contribution in [0.4, 0.5) is 18.9 Å². The van der Waals surface area contributed by atoms with E-state index in [9.17, 15) is 18.0 Å². The number of carbonyl (C=O) groups is 1. The van der Waals surface area contributed by atoms with Crippen LogP contribution in [0.25, 0.3) is 0 Å². The number of anilines is 1. The van der Waals surface area contributed by atoms with Gasteiger partial charge < -0.3 is 11.1 Å². The summed E-state index contributed by atoms with van der Waals surface area (Å²) in [5, 5.41) is 2.12. The van der Waals surface area contributed by atoms with Crippen LogP contribution in [0.1, 0.15) is 19.8 Å². The molecule has 1 aromatic rings. The summed E-state index contributed by atoms with van der Waals surface area (Å²) >= 11 is 0. The molecule has 3 nitrogen and oxygen atoms in total. The molecule has 0 bridgehead atoms. The van der Waals surface area contributed by atoms with E-state index in [0.29, 0.717) is 12.8 Å². The summed E-state index contributed by atoms with van der Waals surface area (Å²) in [4.78, 5) is 11.4. The van der Waals surface area contributed by atoms with Crippen molar-refractivity contribution in [2.45, 2.75) is 25.8 Å². The second kappa shape index (κ2) is 5.67. The molecule has 0 saturated carbocycles. The van der Waals surface area contributed by atoms with Crippen molar-refractivity contribution in [1.29, 1.82) is 0 Å². The van der Waals surface area contributed by atoms with Crippen molar-refractivity contribution in [3.63, 3.8) is 0 Å². The fourth-order valence-electron chi connectivity index (χ4n) is 1.29. The normalized spacial score (nSPS) is 12.3. The van der Waals surface area contributed by atoms with Crippen LogP contribution in [0, 0.1) is 17.5 Å². The number of hydrogen-bond acceptors (Lipinski definition) is 2. The Kier molecular flexibility index (Phi) is 4.51. The minimum Gasteiger partial charge on any atom is -0.322 e. The maximum atomic E-state index is 13.2. The van der Waals surface area contributed by atoms with Crippen molar-refractivity contribution in [1.82, 2.24) is 0 Å². The summed E-state index contributed by atoms with van der Waals surface area (Å²) in [6.45, 7) is 1.84. The maximum Gasteiger partial charge on any atom is 0.241 e. The highest BCUT2D eigenvalue weighted by Crippen LogP contribution is 2.19. The van der Waals surface area contributed by atoms with Gasteiger partial charge in [0.2, 0.25) is 5.91 Å². The molecule has 0 spiro atoms. The lowest BCUT2D eigenvalue weighted by Gasteiger charge is -2.12. The summed E-state index contributed by atoms with van der Waals surface area (Å²) in [7, 11) is 0. The highest BCUT2D eigenvalue weighted by Gasteiger charge is 2.18. The number of rotatable bonds is 4. The van der Waals surface area contributed by atoms with Crippen LogP contribution in [0.5, 0.6) is 0 Å². The van der Waals surface area contributed by atoms with Gasteiger partial charge in [-0.2, -0.15) is 0 Å². The minimum atomic E-state index is -1.62. The molecule has 1 aromatic carbocycles. The van der Waals surface area contributed by atoms with Crippen molar-refractivity contribution in [3.8, 4) is 0 Å². The van der Waals surface area contributed by atoms with E-state index < -0.39 is 35.1 Å². The van der Waals surface area contributed by atoms with Crippen molar-refractivity contribution < 1.29 is 18.0 Å². The Morgan fingerprint density at radius 1 is 1.35 bits per heavy atom. The average Bonchev–Trinajstić information content (AvgIpc) is 2.30. The fraction of sp³-hybridized carbons (Fsp3) is 0.364. The lowest BCUT2D eigenvalue weighted by atomic mass is 10.1.